The molecule has 4 rings (SSSR count). The highest BCUT2D eigenvalue weighted by Crippen LogP contribution is 2.43. The summed E-state index contributed by atoms with van der Waals surface area (Å²) in [5.74, 6) is 0. The molecule has 4 heteroatoms. The van der Waals surface area contributed by atoms with Crippen molar-refractivity contribution in [3.63, 3.8) is 0 Å². The molecule has 0 aliphatic heterocycles. The Balaban J connectivity index is 2.01. The second kappa shape index (κ2) is 5.12. The van der Waals surface area contributed by atoms with E-state index in [9.17, 15) is 10.0 Å². The number of rotatable bonds is 2. The van der Waals surface area contributed by atoms with Crippen LogP contribution in [0.3, 0.4) is 0 Å². The minimum Gasteiger partial charge on any atom is -0.426 e. The Morgan fingerprint density at radius 2 is 1.70 bits per heavy atom. The predicted molar refractivity (Wildman–Crippen MR) is 94.6 cm³/mol. The normalized spacial score (nSPS) is 19.8. The fourth-order valence-corrected chi connectivity index (χ4v) is 3.43. The lowest BCUT2D eigenvalue weighted by Crippen LogP contribution is -2.32. The highest BCUT2D eigenvalue weighted by atomic mass is 16.4. The van der Waals surface area contributed by atoms with Gasteiger partial charge in [-0.25, -0.2) is 0 Å². The van der Waals surface area contributed by atoms with Crippen LogP contribution in [0.4, 0.5) is 0 Å². The zero-order valence-electron chi connectivity index (χ0n) is 13.0. The first-order chi connectivity index (χ1) is 11.1. The maximum absolute atomic E-state index is 9.76. The number of nitrogens with zero attached hydrogens (tertiary/aromatic N) is 1. The van der Waals surface area contributed by atoms with E-state index in [4.69, 9.17) is 0 Å². The molecule has 1 unspecified atom stereocenters. The SMILES string of the molecule is CC1(B(O)O)C=Cc2c(c3ccccc3n2-c2ccccc2)C1. The van der Waals surface area contributed by atoms with E-state index in [1.165, 1.54) is 10.9 Å². The van der Waals surface area contributed by atoms with E-state index in [0.717, 1.165) is 16.9 Å². The van der Waals surface area contributed by atoms with E-state index >= 15 is 0 Å². The highest BCUT2D eigenvalue weighted by molar-refractivity contribution is 6.46. The lowest BCUT2D eigenvalue weighted by Gasteiger charge is -2.28. The third kappa shape index (κ3) is 2.14. The van der Waals surface area contributed by atoms with Gasteiger partial charge in [-0.1, -0.05) is 49.4 Å². The minimum atomic E-state index is -1.37. The second-order valence-electron chi connectivity index (χ2n) is 6.44. The van der Waals surface area contributed by atoms with Gasteiger partial charge in [-0.05, 0) is 36.3 Å². The van der Waals surface area contributed by atoms with Crippen LogP contribution in [0.25, 0.3) is 22.7 Å². The second-order valence-corrected chi connectivity index (χ2v) is 6.44. The fraction of sp³-hybridized carbons (Fsp3) is 0.158. The summed E-state index contributed by atoms with van der Waals surface area (Å²) in [6.45, 7) is 1.88. The quantitative estimate of drug-likeness (QED) is 0.712. The molecule has 3 aromatic rings. The number of fused-ring (bicyclic) bond motifs is 3. The molecule has 1 aliphatic rings. The monoisotopic (exact) mass is 303 g/mol. The average molecular weight is 303 g/mol. The number of allylic oxidation sites excluding steroid dienone is 1. The lowest BCUT2D eigenvalue weighted by molar-refractivity contribution is 0.364. The summed E-state index contributed by atoms with van der Waals surface area (Å²) < 4.78 is 2.24. The molecule has 0 amide bonds. The first kappa shape index (κ1) is 14.3. The summed E-state index contributed by atoms with van der Waals surface area (Å²) in [4.78, 5) is 0. The molecule has 0 fully saturated rings. The van der Waals surface area contributed by atoms with Gasteiger partial charge in [-0.15, -0.1) is 0 Å². The fourth-order valence-electron chi connectivity index (χ4n) is 3.43. The number of hydrogen-bond donors (Lipinski definition) is 2. The molecule has 2 aromatic carbocycles. The first-order valence-corrected chi connectivity index (χ1v) is 7.83. The zero-order valence-corrected chi connectivity index (χ0v) is 13.0. The Kier molecular flexibility index (Phi) is 3.18. The van der Waals surface area contributed by atoms with Gasteiger partial charge in [0.2, 0.25) is 0 Å². The van der Waals surface area contributed by atoms with Crippen molar-refractivity contribution in [1.29, 1.82) is 0 Å². The summed E-state index contributed by atoms with van der Waals surface area (Å²) in [7, 11) is -1.37. The maximum atomic E-state index is 9.76. The summed E-state index contributed by atoms with van der Waals surface area (Å²) in [5, 5.41) is 20.0. The van der Waals surface area contributed by atoms with Crippen molar-refractivity contribution in [2.24, 2.45) is 0 Å². The van der Waals surface area contributed by atoms with Crippen molar-refractivity contribution < 1.29 is 10.0 Å². The van der Waals surface area contributed by atoms with Crippen LogP contribution in [0.1, 0.15) is 18.2 Å². The van der Waals surface area contributed by atoms with Gasteiger partial charge in [0, 0.05) is 22.1 Å². The Labute approximate surface area is 135 Å². The topological polar surface area (TPSA) is 45.4 Å². The molecule has 2 N–H and O–H groups in total. The summed E-state index contributed by atoms with van der Waals surface area (Å²) in [6.07, 6.45) is 4.54. The van der Waals surface area contributed by atoms with E-state index in [-0.39, 0.29) is 0 Å². The van der Waals surface area contributed by atoms with Crippen LogP contribution in [0.5, 0.6) is 0 Å². The maximum Gasteiger partial charge on any atom is 0.462 e. The molecular weight excluding hydrogens is 285 g/mol. The van der Waals surface area contributed by atoms with E-state index in [0.29, 0.717) is 6.42 Å². The van der Waals surface area contributed by atoms with Crippen LogP contribution in [0.2, 0.25) is 5.31 Å². The molecule has 3 nitrogen and oxygen atoms in total. The predicted octanol–water partition coefficient (Wildman–Crippen LogP) is 3.43. The van der Waals surface area contributed by atoms with E-state index in [2.05, 4.69) is 28.8 Å². The van der Waals surface area contributed by atoms with Crippen molar-refractivity contribution >= 4 is 24.1 Å². The van der Waals surface area contributed by atoms with Gasteiger partial charge in [0.1, 0.15) is 0 Å². The van der Waals surface area contributed by atoms with E-state index in [1.807, 2.05) is 49.4 Å². The average Bonchev–Trinajstić information content (AvgIpc) is 2.89. The summed E-state index contributed by atoms with van der Waals surface area (Å²) in [5.41, 5.74) is 4.55. The van der Waals surface area contributed by atoms with Crippen LogP contribution in [-0.2, 0) is 6.42 Å². The van der Waals surface area contributed by atoms with Gasteiger partial charge >= 0.3 is 7.12 Å². The molecule has 0 spiro atoms. The minimum absolute atomic E-state index is 0.608. The number of benzene rings is 2. The molecule has 1 aromatic heterocycles. The number of aromatic nitrogens is 1. The molecule has 0 saturated heterocycles. The largest absolute Gasteiger partial charge is 0.462 e. The third-order valence-electron chi connectivity index (χ3n) is 4.80. The molecule has 114 valence electrons. The van der Waals surface area contributed by atoms with Crippen LogP contribution in [-0.4, -0.2) is 21.7 Å². The molecule has 0 bridgehead atoms. The molecule has 23 heavy (non-hydrogen) atoms. The molecule has 1 heterocycles. The Bertz CT molecular complexity index is 898. The van der Waals surface area contributed by atoms with Gasteiger partial charge in [0.25, 0.3) is 0 Å². The Morgan fingerprint density at radius 3 is 2.43 bits per heavy atom. The van der Waals surface area contributed by atoms with Gasteiger partial charge in [-0.3, -0.25) is 0 Å². The van der Waals surface area contributed by atoms with Crippen molar-refractivity contribution in [3.8, 4) is 5.69 Å². The Morgan fingerprint density at radius 1 is 1.00 bits per heavy atom. The van der Waals surface area contributed by atoms with Crippen LogP contribution in [0.15, 0.2) is 60.7 Å². The van der Waals surface area contributed by atoms with E-state index in [1.54, 1.807) is 0 Å². The van der Waals surface area contributed by atoms with Crippen LogP contribution >= 0.6 is 0 Å². The standard InChI is InChI=1S/C19H18BNO2/c1-19(20(22)23)12-11-18-16(13-19)15-9-5-6-10-17(15)21(18)14-7-3-2-4-8-14/h2-12,22-23H,13H2,1H3. The zero-order chi connectivity index (χ0) is 16.0. The number of para-hydroxylation sites is 2. The van der Waals surface area contributed by atoms with Crippen molar-refractivity contribution in [2.75, 3.05) is 0 Å². The van der Waals surface area contributed by atoms with Gasteiger partial charge in [-0.2, -0.15) is 0 Å². The molecule has 1 aliphatic carbocycles. The third-order valence-corrected chi connectivity index (χ3v) is 4.80. The Hall–Kier alpha value is -2.30. The van der Waals surface area contributed by atoms with Crippen LogP contribution < -0.4 is 0 Å². The van der Waals surface area contributed by atoms with Crippen LogP contribution in [0, 0.1) is 0 Å². The van der Waals surface area contributed by atoms with Gasteiger partial charge < -0.3 is 14.6 Å². The summed E-state index contributed by atoms with van der Waals surface area (Å²) in [6, 6.07) is 18.6. The van der Waals surface area contributed by atoms with Gasteiger partial charge in [0.05, 0.1) is 5.52 Å². The lowest BCUT2D eigenvalue weighted by atomic mass is 9.55. The highest BCUT2D eigenvalue weighted by Gasteiger charge is 2.39. The molecule has 0 radical (unpaired) electrons. The summed E-state index contributed by atoms with van der Waals surface area (Å²) >= 11 is 0. The van der Waals surface area contributed by atoms with E-state index < -0.39 is 12.4 Å². The van der Waals surface area contributed by atoms with Gasteiger partial charge in [0.15, 0.2) is 0 Å². The van der Waals surface area contributed by atoms with Crippen molar-refractivity contribution in [2.45, 2.75) is 18.7 Å². The van der Waals surface area contributed by atoms with Crippen molar-refractivity contribution in [3.05, 3.63) is 71.9 Å². The molecule has 1 atom stereocenters. The van der Waals surface area contributed by atoms with Crippen molar-refractivity contribution in [1.82, 2.24) is 4.57 Å². The number of hydrogen-bond acceptors (Lipinski definition) is 2. The smallest absolute Gasteiger partial charge is 0.426 e. The molecule has 0 saturated carbocycles. The molecular formula is C19H18BNO2. The first-order valence-electron chi connectivity index (χ1n) is 7.83.